The van der Waals surface area contributed by atoms with Crippen molar-refractivity contribution in [1.82, 2.24) is 0 Å². The highest BCUT2D eigenvalue weighted by Crippen LogP contribution is 2.24. The number of rotatable bonds is 0. The van der Waals surface area contributed by atoms with Gasteiger partial charge in [0.25, 0.3) is 0 Å². The highest BCUT2D eigenvalue weighted by Gasteiger charge is 2.26. The SMILES string of the molecule is O=C1CCCCCCCCCCOC(=O)C[C@H]2CCC[C@@H](C1)O2. The van der Waals surface area contributed by atoms with Crippen molar-refractivity contribution in [3.63, 3.8) is 0 Å². The first-order chi connectivity index (χ1) is 11.2. The van der Waals surface area contributed by atoms with Gasteiger partial charge >= 0.3 is 5.97 Å². The Morgan fingerprint density at radius 3 is 2.04 bits per heavy atom. The van der Waals surface area contributed by atoms with Gasteiger partial charge < -0.3 is 9.47 Å². The van der Waals surface area contributed by atoms with E-state index in [2.05, 4.69) is 0 Å². The van der Waals surface area contributed by atoms with Crippen molar-refractivity contribution < 1.29 is 19.1 Å². The molecule has 2 rings (SSSR count). The summed E-state index contributed by atoms with van der Waals surface area (Å²) in [6, 6.07) is 0. The third-order valence-corrected chi connectivity index (χ3v) is 4.90. The Morgan fingerprint density at radius 2 is 1.30 bits per heavy atom. The number of cyclic esters (lactones) is 1. The monoisotopic (exact) mass is 324 g/mol. The van der Waals surface area contributed by atoms with E-state index in [1.165, 1.54) is 25.7 Å². The summed E-state index contributed by atoms with van der Waals surface area (Å²) in [5, 5.41) is 0. The molecule has 0 radical (unpaired) electrons. The maximum absolute atomic E-state index is 12.1. The van der Waals surface area contributed by atoms with E-state index >= 15 is 0 Å². The number of ketones is 1. The molecule has 4 nitrogen and oxygen atoms in total. The quantitative estimate of drug-likeness (QED) is 0.622. The van der Waals surface area contributed by atoms with Gasteiger partial charge in [-0.25, -0.2) is 0 Å². The molecule has 4 heteroatoms. The van der Waals surface area contributed by atoms with Gasteiger partial charge in [0.1, 0.15) is 5.78 Å². The largest absolute Gasteiger partial charge is 0.466 e. The van der Waals surface area contributed by atoms with E-state index in [9.17, 15) is 9.59 Å². The number of fused-ring (bicyclic) bond motifs is 2. The fourth-order valence-electron chi connectivity index (χ4n) is 3.55. The topological polar surface area (TPSA) is 52.6 Å². The van der Waals surface area contributed by atoms with Crippen molar-refractivity contribution >= 4 is 11.8 Å². The minimum Gasteiger partial charge on any atom is -0.466 e. The lowest BCUT2D eigenvalue weighted by Gasteiger charge is -2.29. The molecule has 2 saturated heterocycles. The van der Waals surface area contributed by atoms with Crippen LogP contribution in [0.15, 0.2) is 0 Å². The fraction of sp³-hybridized carbons (Fsp3) is 0.895. The van der Waals surface area contributed by atoms with Crippen LogP contribution < -0.4 is 0 Å². The lowest BCUT2D eigenvalue weighted by molar-refractivity contribution is -0.150. The molecule has 0 saturated carbocycles. The first-order valence-electron chi connectivity index (χ1n) is 9.57. The third-order valence-electron chi connectivity index (χ3n) is 4.90. The van der Waals surface area contributed by atoms with Crippen LogP contribution in [0.3, 0.4) is 0 Å². The Labute approximate surface area is 140 Å². The molecule has 2 aliphatic rings. The molecule has 0 unspecified atom stereocenters. The van der Waals surface area contributed by atoms with Gasteiger partial charge in [0.05, 0.1) is 25.2 Å². The van der Waals surface area contributed by atoms with Crippen LogP contribution in [0, 0.1) is 0 Å². The third kappa shape index (κ3) is 7.96. The van der Waals surface area contributed by atoms with E-state index in [4.69, 9.17) is 9.47 Å². The number of carbonyl (C=O) groups excluding carboxylic acids is 2. The second-order valence-electron chi connectivity index (χ2n) is 7.06. The number of hydrogen-bond donors (Lipinski definition) is 0. The molecule has 2 atom stereocenters. The van der Waals surface area contributed by atoms with Crippen LogP contribution in [0.2, 0.25) is 0 Å². The first-order valence-corrected chi connectivity index (χ1v) is 9.57. The molecule has 132 valence electrons. The predicted octanol–water partition coefficient (Wildman–Crippen LogP) is 4.34. The first kappa shape index (κ1) is 18.4. The molecule has 0 aromatic rings. The number of carbonyl (C=O) groups is 2. The average Bonchev–Trinajstić information content (AvgIpc) is 2.52. The zero-order chi connectivity index (χ0) is 16.3. The molecular weight excluding hydrogens is 292 g/mol. The molecule has 23 heavy (non-hydrogen) atoms. The molecular formula is C19H32O4. The molecule has 0 aromatic carbocycles. The van der Waals surface area contributed by atoms with Gasteiger partial charge in [-0.1, -0.05) is 38.5 Å². The number of hydrogen-bond acceptors (Lipinski definition) is 4. The van der Waals surface area contributed by atoms with Gasteiger partial charge in [-0.2, -0.15) is 0 Å². The van der Waals surface area contributed by atoms with Crippen LogP contribution in [0.1, 0.15) is 89.9 Å². The van der Waals surface area contributed by atoms with Crippen LogP contribution >= 0.6 is 0 Å². The van der Waals surface area contributed by atoms with Crippen molar-refractivity contribution in [3.05, 3.63) is 0 Å². The summed E-state index contributed by atoms with van der Waals surface area (Å²) in [4.78, 5) is 23.9. The summed E-state index contributed by atoms with van der Waals surface area (Å²) in [6.45, 7) is 0.535. The van der Waals surface area contributed by atoms with Gasteiger partial charge in [0, 0.05) is 12.8 Å². The number of esters is 1. The van der Waals surface area contributed by atoms with E-state index in [-0.39, 0.29) is 18.2 Å². The van der Waals surface area contributed by atoms with Crippen LogP contribution in [0.5, 0.6) is 0 Å². The number of ether oxygens (including phenoxy) is 2. The van der Waals surface area contributed by atoms with E-state index in [0.29, 0.717) is 31.7 Å². The summed E-state index contributed by atoms with van der Waals surface area (Å²) in [5.74, 6) is 0.169. The van der Waals surface area contributed by atoms with E-state index in [0.717, 1.165) is 44.9 Å². The van der Waals surface area contributed by atoms with Crippen LogP contribution in [-0.4, -0.2) is 30.6 Å². The standard InChI is InChI=1S/C19H32O4/c20-16-10-7-5-3-1-2-4-6-8-13-22-19(21)15-18-12-9-11-17(14-16)23-18/h17-18H,1-15H2/t17-,18+/m0/s1. The molecule has 2 heterocycles. The predicted molar refractivity (Wildman–Crippen MR) is 89.3 cm³/mol. The molecule has 0 aromatic heterocycles. The van der Waals surface area contributed by atoms with Crippen molar-refractivity contribution in [2.75, 3.05) is 6.61 Å². The van der Waals surface area contributed by atoms with Crippen LogP contribution in [0.4, 0.5) is 0 Å². The second-order valence-corrected chi connectivity index (χ2v) is 7.06. The lowest BCUT2D eigenvalue weighted by atomic mass is 9.97. The van der Waals surface area contributed by atoms with Gasteiger partial charge in [-0.3, -0.25) is 9.59 Å². The summed E-state index contributed by atoms with van der Waals surface area (Å²) in [7, 11) is 0. The molecule has 0 N–H and O–H groups in total. The normalized spacial score (nSPS) is 30.1. The molecule has 2 fully saturated rings. The van der Waals surface area contributed by atoms with Gasteiger partial charge in [0.2, 0.25) is 0 Å². The van der Waals surface area contributed by atoms with Crippen molar-refractivity contribution in [2.45, 2.75) is 102 Å². The Hall–Kier alpha value is -0.900. The smallest absolute Gasteiger partial charge is 0.308 e. The van der Waals surface area contributed by atoms with Crippen LogP contribution in [0.25, 0.3) is 0 Å². The summed E-state index contributed by atoms with van der Waals surface area (Å²) >= 11 is 0. The second kappa shape index (κ2) is 10.8. The lowest BCUT2D eigenvalue weighted by Crippen LogP contribution is -2.31. The van der Waals surface area contributed by atoms with Gasteiger partial charge in [-0.05, 0) is 32.1 Å². The molecule has 0 spiro atoms. The van der Waals surface area contributed by atoms with Crippen molar-refractivity contribution in [1.29, 1.82) is 0 Å². The van der Waals surface area contributed by atoms with Gasteiger partial charge in [0.15, 0.2) is 0 Å². The molecule has 0 amide bonds. The summed E-state index contributed by atoms with van der Waals surface area (Å²) in [6.07, 6.45) is 13.6. The Balaban J connectivity index is 1.80. The van der Waals surface area contributed by atoms with E-state index in [1.54, 1.807) is 0 Å². The summed E-state index contributed by atoms with van der Waals surface area (Å²) in [5.41, 5.74) is 0. The zero-order valence-corrected chi connectivity index (χ0v) is 14.4. The maximum atomic E-state index is 12.1. The molecule has 2 aliphatic heterocycles. The minimum absolute atomic E-state index is 0.00735. The van der Waals surface area contributed by atoms with E-state index in [1.807, 2.05) is 0 Å². The Morgan fingerprint density at radius 1 is 0.696 bits per heavy atom. The van der Waals surface area contributed by atoms with Gasteiger partial charge in [-0.15, -0.1) is 0 Å². The van der Waals surface area contributed by atoms with E-state index < -0.39 is 0 Å². The van der Waals surface area contributed by atoms with Crippen molar-refractivity contribution in [2.24, 2.45) is 0 Å². The average molecular weight is 324 g/mol. The minimum atomic E-state index is -0.150. The Bertz CT molecular complexity index is 334. The number of Topliss-reactive ketones (excluding diaryl/α,β-unsaturated/α-hetero) is 1. The summed E-state index contributed by atoms with van der Waals surface area (Å²) < 4.78 is 11.3. The highest BCUT2D eigenvalue weighted by atomic mass is 16.5. The fourth-order valence-corrected chi connectivity index (χ4v) is 3.55. The molecule has 0 aliphatic carbocycles. The highest BCUT2D eigenvalue weighted by molar-refractivity contribution is 5.78. The Kier molecular flexibility index (Phi) is 8.66. The van der Waals surface area contributed by atoms with Crippen LogP contribution in [-0.2, 0) is 19.1 Å². The zero-order valence-electron chi connectivity index (χ0n) is 14.4. The molecule has 2 bridgehead atoms. The van der Waals surface area contributed by atoms with Crippen molar-refractivity contribution in [3.8, 4) is 0 Å². The maximum Gasteiger partial charge on any atom is 0.308 e.